The number of rotatable bonds is 3. The van der Waals surface area contributed by atoms with Gasteiger partial charge in [-0.2, -0.15) is 5.26 Å². The minimum atomic E-state index is -1.59. The first kappa shape index (κ1) is 18.5. The van der Waals surface area contributed by atoms with Gasteiger partial charge in [-0.3, -0.25) is 9.69 Å². The molecule has 28 heavy (non-hydrogen) atoms. The van der Waals surface area contributed by atoms with E-state index < -0.39 is 17.5 Å². The number of aliphatic hydroxyl groups is 1. The normalized spacial score (nSPS) is 24.1. The Kier molecular flexibility index (Phi) is 4.61. The highest BCUT2D eigenvalue weighted by Gasteiger charge is 2.52. The third-order valence-corrected chi connectivity index (χ3v) is 6.35. The fourth-order valence-corrected chi connectivity index (χ4v) is 5.09. The number of hydrogen-bond acceptors (Lipinski definition) is 5. The Labute approximate surface area is 166 Å². The fraction of sp³-hybridized carbons (Fsp3) is 0.238. The third-order valence-electron chi connectivity index (χ3n) is 5.12. The highest BCUT2D eigenvalue weighted by atomic mass is 32.2. The second-order valence-corrected chi connectivity index (χ2v) is 7.64. The molecular formula is C21H17FN2O3S. The summed E-state index contributed by atoms with van der Waals surface area (Å²) in [7, 11) is 1.52. The van der Waals surface area contributed by atoms with Crippen LogP contribution in [-0.4, -0.2) is 28.8 Å². The molecule has 142 valence electrons. The van der Waals surface area contributed by atoms with Crippen LogP contribution in [0.1, 0.15) is 23.5 Å². The van der Waals surface area contributed by atoms with Crippen molar-refractivity contribution in [2.45, 2.75) is 18.1 Å². The molecule has 1 saturated heterocycles. The van der Waals surface area contributed by atoms with Gasteiger partial charge in [0.1, 0.15) is 11.6 Å². The molecule has 2 atom stereocenters. The maximum Gasteiger partial charge on any atom is 0.231 e. The molecule has 0 saturated carbocycles. The van der Waals surface area contributed by atoms with Crippen molar-refractivity contribution in [1.29, 1.82) is 5.26 Å². The topological polar surface area (TPSA) is 73.6 Å². The minimum Gasteiger partial charge on any atom is -0.497 e. The number of benzene rings is 2. The zero-order chi connectivity index (χ0) is 19.9. The highest BCUT2D eigenvalue weighted by molar-refractivity contribution is 8.03. The summed E-state index contributed by atoms with van der Waals surface area (Å²) in [4.78, 5) is 14.3. The van der Waals surface area contributed by atoms with Gasteiger partial charge in [0.25, 0.3) is 0 Å². The van der Waals surface area contributed by atoms with Crippen LogP contribution in [0, 0.1) is 17.1 Å². The summed E-state index contributed by atoms with van der Waals surface area (Å²) in [6.07, 6.45) is -0.0832. The maximum absolute atomic E-state index is 14.3. The van der Waals surface area contributed by atoms with Gasteiger partial charge in [0, 0.05) is 17.9 Å². The predicted molar refractivity (Wildman–Crippen MR) is 103 cm³/mol. The molecule has 0 unspecified atom stereocenters. The van der Waals surface area contributed by atoms with Crippen molar-refractivity contribution in [3.05, 3.63) is 76.1 Å². The quantitative estimate of drug-likeness (QED) is 0.860. The number of fused-ring (bicyclic) bond motifs is 1. The Bertz CT molecular complexity index is 1030. The molecule has 1 N–H and O–H groups in total. The third kappa shape index (κ3) is 2.77. The van der Waals surface area contributed by atoms with Crippen LogP contribution in [0.2, 0.25) is 0 Å². The molecule has 4 rings (SSSR count). The molecule has 2 aliphatic rings. The van der Waals surface area contributed by atoms with Gasteiger partial charge in [-0.25, -0.2) is 4.39 Å². The SMILES string of the molecule is COc1cccc([C@@]2(O)CSC3=C(C#N)[C@H](c4ccccc4F)CC(=O)N32)c1. The highest BCUT2D eigenvalue weighted by Crippen LogP contribution is 2.52. The van der Waals surface area contributed by atoms with E-state index in [9.17, 15) is 19.6 Å². The molecule has 0 aliphatic carbocycles. The second kappa shape index (κ2) is 6.97. The van der Waals surface area contributed by atoms with Crippen LogP contribution in [0.15, 0.2) is 59.1 Å². The Morgan fingerprint density at radius 3 is 2.82 bits per heavy atom. The Morgan fingerprint density at radius 2 is 2.11 bits per heavy atom. The summed E-state index contributed by atoms with van der Waals surface area (Å²) < 4.78 is 19.6. The molecule has 0 bridgehead atoms. The van der Waals surface area contributed by atoms with Crippen molar-refractivity contribution in [3.8, 4) is 11.8 Å². The van der Waals surface area contributed by atoms with E-state index >= 15 is 0 Å². The van der Waals surface area contributed by atoms with Crippen LogP contribution in [0.5, 0.6) is 5.75 Å². The van der Waals surface area contributed by atoms with E-state index in [4.69, 9.17) is 4.74 Å². The number of hydrogen-bond donors (Lipinski definition) is 1. The number of allylic oxidation sites excluding steroid dienone is 1. The molecule has 0 aromatic heterocycles. The van der Waals surface area contributed by atoms with Gasteiger partial charge in [-0.05, 0) is 23.8 Å². The zero-order valence-corrected chi connectivity index (χ0v) is 15.9. The summed E-state index contributed by atoms with van der Waals surface area (Å²) in [6.45, 7) is 0. The number of ether oxygens (including phenoxy) is 1. The van der Waals surface area contributed by atoms with Crippen LogP contribution < -0.4 is 4.74 Å². The molecule has 1 amide bonds. The first-order chi connectivity index (χ1) is 13.5. The average molecular weight is 396 g/mol. The van der Waals surface area contributed by atoms with Gasteiger partial charge in [0.15, 0.2) is 5.72 Å². The summed E-state index contributed by atoms with van der Waals surface area (Å²) in [5, 5.41) is 21.6. The average Bonchev–Trinajstić information content (AvgIpc) is 3.08. The van der Waals surface area contributed by atoms with Crippen molar-refractivity contribution >= 4 is 17.7 Å². The van der Waals surface area contributed by atoms with Crippen LogP contribution in [-0.2, 0) is 10.5 Å². The summed E-state index contributed by atoms with van der Waals surface area (Å²) >= 11 is 1.23. The first-order valence-corrected chi connectivity index (χ1v) is 9.69. The smallest absolute Gasteiger partial charge is 0.231 e. The Balaban J connectivity index is 1.82. The van der Waals surface area contributed by atoms with Crippen molar-refractivity contribution < 1.29 is 19.0 Å². The number of nitrogens with zero attached hydrogens (tertiary/aromatic N) is 2. The summed E-state index contributed by atoms with van der Waals surface area (Å²) in [5.41, 5.74) is -0.469. The summed E-state index contributed by atoms with van der Waals surface area (Å²) in [6, 6.07) is 15.2. The molecular weight excluding hydrogens is 379 g/mol. The maximum atomic E-state index is 14.3. The largest absolute Gasteiger partial charge is 0.497 e. The van der Waals surface area contributed by atoms with Gasteiger partial charge in [-0.15, -0.1) is 11.8 Å². The summed E-state index contributed by atoms with van der Waals surface area (Å²) in [5.74, 6) is -0.727. The van der Waals surface area contributed by atoms with Crippen LogP contribution in [0.25, 0.3) is 0 Å². The van der Waals surface area contributed by atoms with E-state index in [1.54, 1.807) is 42.5 Å². The number of carbonyl (C=O) groups excluding carboxylic acids is 1. The van der Waals surface area contributed by atoms with Crippen molar-refractivity contribution in [1.82, 2.24) is 4.90 Å². The number of halogens is 1. The number of nitriles is 1. The van der Waals surface area contributed by atoms with E-state index in [1.165, 1.54) is 29.8 Å². The minimum absolute atomic E-state index is 0.0832. The van der Waals surface area contributed by atoms with E-state index in [2.05, 4.69) is 6.07 Å². The van der Waals surface area contributed by atoms with Crippen molar-refractivity contribution in [2.24, 2.45) is 0 Å². The van der Waals surface area contributed by atoms with Crippen LogP contribution in [0.3, 0.4) is 0 Å². The van der Waals surface area contributed by atoms with E-state index in [0.717, 1.165) is 0 Å². The molecule has 5 nitrogen and oxygen atoms in total. The second-order valence-electron chi connectivity index (χ2n) is 6.68. The van der Waals surface area contributed by atoms with Gasteiger partial charge >= 0.3 is 0 Å². The molecule has 0 radical (unpaired) electrons. The number of methoxy groups -OCH3 is 1. The van der Waals surface area contributed by atoms with Crippen LogP contribution in [0.4, 0.5) is 4.39 Å². The molecule has 2 aromatic carbocycles. The number of thioether (sulfide) groups is 1. The lowest BCUT2D eigenvalue weighted by Crippen LogP contribution is -2.48. The lowest BCUT2D eigenvalue weighted by Gasteiger charge is -2.38. The predicted octanol–water partition coefficient (Wildman–Crippen LogP) is 3.48. The fourth-order valence-electron chi connectivity index (χ4n) is 3.73. The molecule has 2 aliphatic heterocycles. The van der Waals surface area contributed by atoms with Gasteiger partial charge < -0.3 is 9.84 Å². The molecule has 2 heterocycles. The standard InChI is InChI=1S/C21H17FN2O3S/c1-27-14-6-4-5-13(9-14)21(26)12-28-20-17(11-23)16(10-19(25)24(20)21)15-7-2-3-8-18(15)22/h2-9,16,26H,10,12H2,1H3/t16-,21-/m0/s1. The molecule has 0 spiro atoms. The van der Waals surface area contributed by atoms with Gasteiger partial charge in [-0.1, -0.05) is 30.3 Å². The number of amides is 1. The molecule has 7 heteroatoms. The number of carbonyl (C=O) groups is 1. The van der Waals surface area contributed by atoms with E-state index in [1.807, 2.05) is 0 Å². The zero-order valence-electron chi connectivity index (χ0n) is 15.1. The van der Waals surface area contributed by atoms with E-state index in [-0.39, 0.29) is 18.1 Å². The van der Waals surface area contributed by atoms with Gasteiger partial charge in [0.2, 0.25) is 5.91 Å². The lowest BCUT2D eigenvalue weighted by molar-refractivity contribution is -0.149. The van der Waals surface area contributed by atoms with Crippen molar-refractivity contribution in [3.63, 3.8) is 0 Å². The van der Waals surface area contributed by atoms with Crippen LogP contribution >= 0.6 is 11.8 Å². The van der Waals surface area contributed by atoms with E-state index in [0.29, 0.717) is 27.5 Å². The van der Waals surface area contributed by atoms with Gasteiger partial charge in [0.05, 0.1) is 29.5 Å². The molecule has 2 aromatic rings. The lowest BCUT2D eigenvalue weighted by atomic mass is 9.85. The monoisotopic (exact) mass is 396 g/mol. The Hall–Kier alpha value is -2.82. The van der Waals surface area contributed by atoms with Crippen molar-refractivity contribution in [2.75, 3.05) is 12.9 Å². The Morgan fingerprint density at radius 1 is 1.32 bits per heavy atom. The molecule has 1 fully saturated rings. The first-order valence-electron chi connectivity index (χ1n) is 8.71.